The van der Waals surface area contributed by atoms with Crippen LogP contribution in [0.15, 0.2) is 30.3 Å². The quantitative estimate of drug-likeness (QED) is 0.813. The summed E-state index contributed by atoms with van der Waals surface area (Å²) in [6.45, 7) is 5.43. The molecule has 0 saturated carbocycles. The van der Waals surface area contributed by atoms with Gasteiger partial charge < -0.3 is 14.5 Å². The molecule has 2 amide bonds. The highest BCUT2D eigenvalue weighted by atomic mass is 16.5. The monoisotopic (exact) mass is 358 g/mol. The molecule has 1 unspecified atom stereocenters. The lowest BCUT2D eigenvalue weighted by molar-refractivity contribution is -0.142. The third kappa shape index (κ3) is 4.85. The van der Waals surface area contributed by atoms with Crippen molar-refractivity contribution < 1.29 is 14.3 Å². The molecular weight excluding hydrogens is 328 g/mol. The first-order valence-electron chi connectivity index (χ1n) is 9.89. The number of hydrogen-bond acceptors (Lipinski definition) is 3. The van der Waals surface area contributed by atoms with Crippen molar-refractivity contribution in [3.63, 3.8) is 0 Å². The van der Waals surface area contributed by atoms with E-state index in [1.54, 1.807) is 0 Å². The third-order valence-electron chi connectivity index (χ3n) is 5.51. The smallest absolute Gasteiger partial charge is 0.227 e. The highest BCUT2D eigenvalue weighted by Crippen LogP contribution is 2.23. The summed E-state index contributed by atoms with van der Waals surface area (Å²) in [6, 6.07) is 10.2. The third-order valence-corrected chi connectivity index (χ3v) is 5.51. The van der Waals surface area contributed by atoms with Crippen LogP contribution < -0.4 is 0 Å². The van der Waals surface area contributed by atoms with Crippen LogP contribution in [-0.2, 0) is 20.9 Å². The van der Waals surface area contributed by atoms with Crippen molar-refractivity contribution in [2.45, 2.75) is 51.7 Å². The van der Waals surface area contributed by atoms with E-state index in [0.717, 1.165) is 45.3 Å². The first-order valence-corrected chi connectivity index (χ1v) is 9.89. The fourth-order valence-electron chi connectivity index (χ4n) is 3.92. The van der Waals surface area contributed by atoms with Crippen LogP contribution in [0.5, 0.6) is 0 Å². The second kappa shape index (κ2) is 9.17. The molecule has 5 nitrogen and oxygen atoms in total. The Bertz CT molecular complexity index is 597. The van der Waals surface area contributed by atoms with Crippen molar-refractivity contribution in [1.82, 2.24) is 9.80 Å². The van der Waals surface area contributed by atoms with Gasteiger partial charge in [0.2, 0.25) is 11.8 Å². The van der Waals surface area contributed by atoms with Gasteiger partial charge in [0.1, 0.15) is 0 Å². The van der Waals surface area contributed by atoms with E-state index in [9.17, 15) is 9.59 Å². The number of carbonyl (C=O) groups excluding carboxylic acids is 2. The molecule has 0 spiro atoms. The van der Waals surface area contributed by atoms with Gasteiger partial charge in [-0.3, -0.25) is 9.59 Å². The Morgan fingerprint density at radius 2 is 1.77 bits per heavy atom. The van der Waals surface area contributed by atoms with E-state index in [4.69, 9.17) is 4.74 Å². The van der Waals surface area contributed by atoms with E-state index in [1.165, 1.54) is 5.56 Å². The van der Waals surface area contributed by atoms with Gasteiger partial charge in [-0.1, -0.05) is 37.3 Å². The fraction of sp³-hybridized carbons (Fsp3) is 0.619. The highest BCUT2D eigenvalue weighted by Gasteiger charge is 2.32. The van der Waals surface area contributed by atoms with Crippen molar-refractivity contribution >= 4 is 11.8 Å². The summed E-state index contributed by atoms with van der Waals surface area (Å²) in [5.74, 6) is 0.358. The molecule has 2 aliphatic heterocycles. The summed E-state index contributed by atoms with van der Waals surface area (Å²) in [4.78, 5) is 28.6. The topological polar surface area (TPSA) is 49.9 Å². The van der Waals surface area contributed by atoms with Crippen LogP contribution in [0.3, 0.4) is 0 Å². The number of ether oxygens (including phenoxy) is 1. The Kier molecular flexibility index (Phi) is 6.67. The number of nitrogens with zero attached hydrogens (tertiary/aromatic N) is 2. The van der Waals surface area contributed by atoms with E-state index in [2.05, 4.69) is 12.1 Å². The van der Waals surface area contributed by atoms with Gasteiger partial charge in [0.15, 0.2) is 0 Å². The van der Waals surface area contributed by atoms with Crippen LogP contribution in [0.4, 0.5) is 0 Å². The van der Waals surface area contributed by atoms with Crippen molar-refractivity contribution in [3.8, 4) is 0 Å². The molecule has 2 saturated heterocycles. The average molecular weight is 358 g/mol. The molecule has 2 heterocycles. The largest absolute Gasteiger partial charge is 0.373 e. The predicted octanol–water partition coefficient (Wildman–Crippen LogP) is 2.84. The summed E-state index contributed by atoms with van der Waals surface area (Å²) < 4.78 is 6.01. The molecule has 2 fully saturated rings. The van der Waals surface area contributed by atoms with Crippen LogP contribution in [0.25, 0.3) is 0 Å². The summed E-state index contributed by atoms with van der Waals surface area (Å²) in [5, 5.41) is 0. The molecule has 1 aromatic rings. The maximum absolute atomic E-state index is 12.8. The van der Waals surface area contributed by atoms with Crippen LogP contribution in [0.2, 0.25) is 0 Å². The zero-order valence-electron chi connectivity index (χ0n) is 15.7. The molecule has 0 aromatic heterocycles. The van der Waals surface area contributed by atoms with Crippen LogP contribution in [0, 0.1) is 5.92 Å². The van der Waals surface area contributed by atoms with E-state index in [1.807, 2.05) is 34.9 Å². The maximum atomic E-state index is 12.8. The van der Waals surface area contributed by atoms with Gasteiger partial charge in [0.25, 0.3) is 0 Å². The molecule has 0 aliphatic carbocycles. The molecule has 0 radical (unpaired) electrons. The SMILES string of the molecule is CCC(=O)N1CCCC(C(=O)N2CCC(OCc3ccccc3)CC2)C1. The van der Waals surface area contributed by atoms with Gasteiger partial charge in [-0.25, -0.2) is 0 Å². The van der Waals surface area contributed by atoms with Crippen molar-refractivity contribution in [2.24, 2.45) is 5.92 Å². The number of piperidine rings is 2. The summed E-state index contributed by atoms with van der Waals surface area (Å²) in [6.07, 6.45) is 4.36. The Morgan fingerprint density at radius 1 is 1.04 bits per heavy atom. The Balaban J connectivity index is 1.44. The lowest BCUT2D eigenvalue weighted by atomic mass is 9.95. The highest BCUT2D eigenvalue weighted by molar-refractivity contribution is 5.81. The van der Waals surface area contributed by atoms with E-state index in [-0.39, 0.29) is 23.8 Å². The van der Waals surface area contributed by atoms with Gasteiger partial charge in [-0.15, -0.1) is 0 Å². The first kappa shape index (κ1) is 18.9. The summed E-state index contributed by atoms with van der Waals surface area (Å²) in [5.41, 5.74) is 1.19. The molecular formula is C21H30N2O3. The molecule has 1 atom stereocenters. The molecule has 5 heteroatoms. The van der Waals surface area contributed by atoms with Crippen molar-refractivity contribution in [3.05, 3.63) is 35.9 Å². The molecule has 142 valence electrons. The molecule has 1 aromatic carbocycles. The predicted molar refractivity (Wildman–Crippen MR) is 100 cm³/mol. The van der Waals surface area contributed by atoms with Gasteiger partial charge in [-0.05, 0) is 31.2 Å². The summed E-state index contributed by atoms with van der Waals surface area (Å²) in [7, 11) is 0. The second-order valence-corrected chi connectivity index (χ2v) is 7.35. The van der Waals surface area contributed by atoms with Crippen LogP contribution in [-0.4, -0.2) is 53.9 Å². The van der Waals surface area contributed by atoms with E-state index >= 15 is 0 Å². The minimum Gasteiger partial charge on any atom is -0.373 e. The number of rotatable bonds is 5. The van der Waals surface area contributed by atoms with Gasteiger partial charge in [0.05, 0.1) is 18.6 Å². The minimum atomic E-state index is -0.0268. The maximum Gasteiger partial charge on any atom is 0.227 e. The zero-order valence-corrected chi connectivity index (χ0v) is 15.7. The number of hydrogen-bond donors (Lipinski definition) is 0. The first-order chi connectivity index (χ1) is 12.7. The molecule has 26 heavy (non-hydrogen) atoms. The van der Waals surface area contributed by atoms with Gasteiger partial charge in [0, 0.05) is 32.6 Å². The normalized spacial score (nSPS) is 21.7. The van der Waals surface area contributed by atoms with Crippen molar-refractivity contribution in [1.29, 1.82) is 0 Å². The lowest BCUT2D eigenvalue weighted by Crippen LogP contribution is -2.49. The molecule has 0 bridgehead atoms. The minimum absolute atomic E-state index is 0.0268. The Morgan fingerprint density at radius 3 is 2.46 bits per heavy atom. The fourth-order valence-corrected chi connectivity index (χ4v) is 3.92. The van der Waals surface area contributed by atoms with Gasteiger partial charge in [-0.2, -0.15) is 0 Å². The molecule has 0 N–H and O–H groups in total. The Hall–Kier alpha value is -1.88. The second-order valence-electron chi connectivity index (χ2n) is 7.35. The van der Waals surface area contributed by atoms with Crippen molar-refractivity contribution in [2.75, 3.05) is 26.2 Å². The lowest BCUT2D eigenvalue weighted by Gasteiger charge is -2.37. The van der Waals surface area contributed by atoms with Crippen LogP contribution in [0.1, 0.15) is 44.6 Å². The summed E-state index contributed by atoms with van der Waals surface area (Å²) >= 11 is 0. The Labute approximate surface area is 156 Å². The molecule has 2 aliphatic rings. The number of amides is 2. The van der Waals surface area contributed by atoms with E-state index in [0.29, 0.717) is 19.6 Å². The van der Waals surface area contributed by atoms with E-state index < -0.39 is 0 Å². The number of benzene rings is 1. The zero-order chi connectivity index (χ0) is 18.4. The molecule has 3 rings (SSSR count). The van der Waals surface area contributed by atoms with Crippen LogP contribution >= 0.6 is 0 Å². The average Bonchev–Trinajstić information content (AvgIpc) is 2.72. The number of carbonyl (C=O) groups is 2. The standard InChI is InChI=1S/C21H30N2O3/c1-2-20(24)23-12-6-9-18(15-23)21(25)22-13-10-19(11-14-22)26-16-17-7-4-3-5-8-17/h3-5,7-8,18-19H,2,6,9-16H2,1H3. The van der Waals surface area contributed by atoms with Gasteiger partial charge >= 0.3 is 0 Å². The number of likely N-dealkylation sites (tertiary alicyclic amines) is 2.